The first-order valence-corrected chi connectivity index (χ1v) is 8.62. The van der Waals surface area contributed by atoms with Crippen molar-refractivity contribution in [2.75, 3.05) is 32.1 Å². The van der Waals surface area contributed by atoms with Crippen LogP contribution in [0.5, 0.6) is 0 Å². The second-order valence-corrected chi connectivity index (χ2v) is 6.40. The molecule has 1 aliphatic heterocycles. The van der Waals surface area contributed by atoms with Crippen molar-refractivity contribution in [2.24, 2.45) is 5.73 Å². The Bertz CT molecular complexity index is 191. The lowest BCUT2D eigenvalue weighted by molar-refractivity contribution is -0.932. The highest BCUT2D eigenvalue weighted by atomic mass is 32.1. The Kier molecular flexibility index (Phi) is 9.16. The molecule has 0 unspecified atom stereocenters. The number of nitrogens with two attached hydrogens (primary N) is 1. The van der Waals surface area contributed by atoms with E-state index in [0.717, 1.165) is 12.4 Å². The number of quaternary nitrogens is 1. The van der Waals surface area contributed by atoms with Gasteiger partial charge in [0.1, 0.15) is 6.67 Å². The van der Waals surface area contributed by atoms with Gasteiger partial charge in [0.2, 0.25) is 0 Å². The number of unbranched alkanes of at least 4 members (excludes halogenated alkanes) is 6. The van der Waals surface area contributed by atoms with Gasteiger partial charge >= 0.3 is 0 Å². The van der Waals surface area contributed by atoms with Crippen LogP contribution in [0.4, 0.5) is 0 Å². The fraction of sp³-hybridized carbons (Fsp3) is 1.00. The third-order valence-electron chi connectivity index (χ3n) is 4.44. The van der Waals surface area contributed by atoms with Crippen molar-refractivity contribution in [2.45, 2.75) is 64.2 Å². The number of hydrogen-bond donors (Lipinski definition) is 2. The summed E-state index contributed by atoms with van der Waals surface area (Å²) in [5.74, 6) is 1.05. The maximum atomic E-state index is 6.00. The molecule has 0 amide bonds. The first-order valence-electron chi connectivity index (χ1n) is 7.99. The highest BCUT2D eigenvalue weighted by molar-refractivity contribution is 7.80. The Morgan fingerprint density at radius 3 is 1.89 bits per heavy atom. The fourth-order valence-electron chi connectivity index (χ4n) is 3.12. The highest BCUT2D eigenvalue weighted by Gasteiger charge is 2.27. The Morgan fingerprint density at radius 1 is 0.778 bits per heavy atom. The fourth-order valence-corrected chi connectivity index (χ4v) is 3.35. The maximum Gasteiger partial charge on any atom is 0.130 e. The van der Waals surface area contributed by atoms with Gasteiger partial charge in [0.05, 0.1) is 19.6 Å². The third kappa shape index (κ3) is 6.44. The van der Waals surface area contributed by atoms with Crippen LogP contribution in [0.2, 0.25) is 0 Å². The summed E-state index contributed by atoms with van der Waals surface area (Å²) >= 11 is 4.24. The molecule has 1 saturated heterocycles. The van der Waals surface area contributed by atoms with E-state index in [2.05, 4.69) is 12.6 Å². The lowest BCUT2D eigenvalue weighted by atomic mass is 10.1. The summed E-state index contributed by atoms with van der Waals surface area (Å²) in [6.07, 6.45) is 13.9. The zero-order valence-corrected chi connectivity index (χ0v) is 13.0. The van der Waals surface area contributed by atoms with Gasteiger partial charge in [0.25, 0.3) is 0 Å². The quantitative estimate of drug-likeness (QED) is 0.355. The largest absolute Gasteiger partial charge is 0.311 e. The number of nitrogens with zero attached hydrogens (tertiary/aromatic N) is 1. The molecule has 0 aromatic heterocycles. The van der Waals surface area contributed by atoms with E-state index < -0.39 is 0 Å². The minimum atomic E-state index is 0.863. The molecule has 0 aromatic rings. The van der Waals surface area contributed by atoms with Crippen LogP contribution in [0.25, 0.3) is 0 Å². The lowest BCUT2D eigenvalue weighted by Crippen LogP contribution is -2.55. The van der Waals surface area contributed by atoms with Crippen LogP contribution in [0.3, 0.4) is 0 Å². The van der Waals surface area contributed by atoms with Crippen LogP contribution in [-0.2, 0) is 0 Å². The van der Waals surface area contributed by atoms with Crippen molar-refractivity contribution in [1.29, 1.82) is 0 Å². The zero-order chi connectivity index (χ0) is 13.1. The molecule has 0 atom stereocenters. The molecule has 0 bridgehead atoms. The van der Waals surface area contributed by atoms with E-state index in [9.17, 15) is 0 Å². The average Bonchev–Trinajstić information content (AvgIpc) is 2.43. The number of rotatable bonds is 10. The van der Waals surface area contributed by atoms with Crippen molar-refractivity contribution in [3.63, 3.8) is 0 Å². The Morgan fingerprint density at radius 2 is 1.33 bits per heavy atom. The van der Waals surface area contributed by atoms with Crippen LogP contribution < -0.4 is 5.73 Å². The number of piperidine rings is 1. The maximum absolute atomic E-state index is 6.00. The van der Waals surface area contributed by atoms with Gasteiger partial charge in [-0.1, -0.05) is 25.7 Å². The van der Waals surface area contributed by atoms with Gasteiger partial charge in [0.15, 0.2) is 0 Å². The number of thiol groups is 1. The molecule has 18 heavy (non-hydrogen) atoms. The molecule has 1 rings (SSSR count). The molecule has 1 heterocycles. The van der Waals surface area contributed by atoms with Crippen LogP contribution in [0.1, 0.15) is 64.2 Å². The first kappa shape index (κ1) is 16.3. The molecule has 0 saturated carbocycles. The van der Waals surface area contributed by atoms with Crippen molar-refractivity contribution < 1.29 is 4.48 Å². The predicted octanol–water partition coefficient (Wildman–Crippen LogP) is 3.56. The molecule has 1 aliphatic rings. The summed E-state index contributed by atoms with van der Waals surface area (Å²) in [4.78, 5) is 0. The van der Waals surface area contributed by atoms with Crippen LogP contribution in [-0.4, -0.2) is 36.5 Å². The zero-order valence-electron chi connectivity index (χ0n) is 12.1. The first-order chi connectivity index (χ1) is 8.83. The van der Waals surface area contributed by atoms with Crippen LogP contribution >= 0.6 is 12.6 Å². The second-order valence-electron chi connectivity index (χ2n) is 5.95. The molecule has 2 nitrogen and oxygen atoms in total. The van der Waals surface area contributed by atoms with Crippen molar-refractivity contribution in [3.8, 4) is 0 Å². The topological polar surface area (TPSA) is 26.0 Å². The van der Waals surface area contributed by atoms with E-state index in [-0.39, 0.29) is 0 Å². The van der Waals surface area contributed by atoms with Gasteiger partial charge in [-0.15, -0.1) is 0 Å². The van der Waals surface area contributed by atoms with Gasteiger partial charge in [0, 0.05) is 0 Å². The third-order valence-corrected chi connectivity index (χ3v) is 4.76. The van der Waals surface area contributed by atoms with Gasteiger partial charge in [-0.25, -0.2) is 0 Å². The van der Waals surface area contributed by atoms with Crippen LogP contribution in [0.15, 0.2) is 0 Å². The van der Waals surface area contributed by atoms with Crippen molar-refractivity contribution >= 4 is 12.6 Å². The monoisotopic (exact) mass is 273 g/mol. The Labute approximate surface area is 119 Å². The van der Waals surface area contributed by atoms with Gasteiger partial charge in [-0.3, -0.25) is 5.73 Å². The van der Waals surface area contributed by atoms with Gasteiger partial charge in [-0.05, 0) is 44.3 Å². The number of likely N-dealkylation sites (tertiary alicyclic amines) is 1. The second kappa shape index (κ2) is 10.1. The van der Waals surface area contributed by atoms with Crippen molar-refractivity contribution in [3.05, 3.63) is 0 Å². The molecule has 108 valence electrons. The minimum Gasteiger partial charge on any atom is -0.311 e. The summed E-state index contributed by atoms with van der Waals surface area (Å²) in [6.45, 7) is 4.85. The summed E-state index contributed by atoms with van der Waals surface area (Å²) in [5, 5.41) is 0. The molecular formula is C15H33N2S+. The smallest absolute Gasteiger partial charge is 0.130 e. The number of hydrogen-bond acceptors (Lipinski definition) is 2. The summed E-state index contributed by atoms with van der Waals surface area (Å²) < 4.78 is 1.21. The van der Waals surface area contributed by atoms with E-state index in [0.29, 0.717) is 0 Å². The van der Waals surface area contributed by atoms with E-state index >= 15 is 0 Å². The van der Waals surface area contributed by atoms with E-state index in [4.69, 9.17) is 5.73 Å². The van der Waals surface area contributed by atoms with Gasteiger partial charge < -0.3 is 4.48 Å². The Balaban J connectivity index is 1.98. The lowest BCUT2D eigenvalue weighted by Gasteiger charge is -2.40. The minimum absolute atomic E-state index is 0.863. The molecule has 0 spiro atoms. The Hall–Kier alpha value is 0.270. The van der Waals surface area contributed by atoms with E-state index in [1.807, 2.05) is 0 Å². The summed E-state index contributed by atoms with van der Waals surface area (Å²) in [6, 6.07) is 0. The normalized spacial score (nSPS) is 19.0. The summed E-state index contributed by atoms with van der Waals surface area (Å²) in [7, 11) is 0. The molecule has 0 radical (unpaired) electrons. The van der Waals surface area contributed by atoms with Gasteiger partial charge in [-0.2, -0.15) is 12.6 Å². The molecule has 1 fully saturated rings. The average molecular weight is 274 g/mol. The standard InChI is InChI=1S/C15H32N2S/c16-15-17(12-8-6-9-13-17)11-7-4-2-1-3-5-10-14-18/h1-16H2/p+1. The predicted molar refractivity (Wildman–Crippen MR) is 83.9 cm³/mol. The highest BCUT2D eigenvalue weighted by Crippen LogP contribution is 2.19. The molecule has 2 N–H and O–H groups in total. The molecule has 0 aliphatic carbocycles. The molecule has 0 aromatic carbocycles. The summed E-state index contributed by atoms with van der Waals surface area (Å²) in [5.41, 5.74) is 6.00. The SMILES string of the molecule is NC[N+]1(CCCCCCCCCS)CCCCC1. The van der Waals surface area contributed by atoms with E-state index in [1.54, 1.807) is 0 Å². The van der Waals surface area contributed by atoms with E-state index in [1.165, 1.54) is 88.3 Å². The van der Waals surface area contributed by atoms with Crippen molar-refractivity contribution in [1.82, 2.24) is 0 Å². The molecule has 3 heteroatoms. The molecular weight excluding hydrogens is 240 g/mol. The van der Waals surface area contributed by atoms with Crippen LogP contribution in [0, 0.1) is 0 Å².